The van der Waals surface area contributed by atoms with Gasteiger partial charge in [0.15, 0.2) is 11.5 Å². The zero-order chi connectivity index (χ0) is 17.8. The highest BCUT2D eigenvalue weighted by Crippen LogP contribution is 2.34. The van der Waals surface area contributed by atoms with Gasteiger partial charge in [0.2, 0.25) is 12.7 Å². The molecule has 132 valence electrons. The third-order valence-electron chi connectivity index (χ3n) is 4.27. The first-order valence-corrected chi connectivity index (χ1v) is 9.33. The normalized spacial score (nSPS) is 13.8. The summed E-state index contributed by atoms with van der Waals surface area (Å²) in [6.07, 6.45) is 2.06. The van der Waals surface area contributed by atoms with Crippen molar-refractivity contribution < 1.29 is 14.3 Å². The van der Waals surface area contributed by atoms with E-state index in [0.717, 1.165) is 0 Å². The Bertz CT molecular complexity index is 749. The van der Waals surface area contributed by atoms with E-state index in [-0.39, 0.29) is 18.7 Å². The molecule has 0 bridgehead atoms. The number of hydrogen-bond donors (Lipinski definition) is 1. The van der Waals surface area contributed by atoms with Crippen LogP contribution in [0.2, 0.25) is 0 Å². The highest BCUT2D eigenvalue weighted by atomic mass is 32.2. The van der Waals surface area contributed by atoms with Gasteiger partial charge in [0.25, 0.3) is 0 Å². The minimum Gasteiger partial charge on any atom is -0.454 e. The van der Waals surface area contributed by atoms with Crippen LogP contribution in [0.1, 0.15) is 12.5 Å². The number of amides is 1. The summed E-state index contributed by atoms with van der Waals surface area (Å²) in [4.78, 5) is 15.8. The van der Waals surface area contributed by atoms with Crippen molar-refractivity contribution >= 4 is 23.4 Å². The first-order chi connectivity index (χ1) is 12.1. The molecule has 0 saturated carbocycles. The first-order valence-electron chi connectivity index (χ1n) is 8.10. The molecule has 3 rings (SSSR count). The highest BCUT2D eigenvalue weighted by molar-refractivity contribution is 7.98. The molecule has 1 atom stereocenters. The molecule has 1 aliphatic heterocycles. The summed E-state index contributed by atoms with van der Waals surface area (Å²) in [7, 11) is 1.95. The molecule has 1 N–H and O–H groups in total. The summed E-state index contributed by atoms with van der Waals surface area (Å²) in [6, 6.07) is 13.6. The molecule has 0 aliphatic carbocycles. The van der Waals surface area contributed by atoms with E-state index in [1.54, 1.807) is 23.9 Å². The molecule has 0 unspecified atom stereocenters. The largest absolute Gasteiger partial charge is 0.454 e. The smallest absolute Gasteiger partial charge is 0.241 e. The van der Waals surface area contributed by atoms with E-state index in [1.807, 2.05) is 24.9 Å². The molecule has 2 aromatic rings. The first kappa shape index (κ1) is 17.6. The molecule has 0 fully saturated rings. The van der Waals surface area contributed by atoms with Crippen LogP contribution in [0.15, 0.2) is 47.4 Å². The summed E-state index contributed by atoms with van der Waals surface area (Å²) >= 11 is 1.72. The van der Waals surface area contributed by atoms with E-state index < -0.39 is 0 Å². The summed E-state index contributed by atoms with van der Waals surface area (Å²) in [6.45, 7) is 2.84. The van der Waals surface area contributed by atoms with Crippen LogP contribution in [-0.4, -0.2) is 36.9 Å². The molecule has 1 aliphatic rings. The molecular formula is C19H22N2O3S. The average molecular weight is 358 g/mol. The summed E-state index contributed by atoms with van der Waals surface area (Å²) in [5.41, 5.74) is 1.89. The van der Waals surface area contributed by atoms with Crippen LogP contribution >= 0.6 is 11.8 Å². The fraction of sp³-hybridized carbons (Fsp3) is 0.316. The fourth-order valence-electron chi connectivity index (χ4n) is 2.58. The van der Waals surface area contributed by atoms with E-state index in [4.69, 9.17) is 9.47 Å². The maximum atomic E-state index is 12.5. The van der Waals surface area contributed by atoms with Gasteiger partial charge in [-0.2, -0.15) is 0 Å². The zero-order valence-corrected chi connectivity index (χ0v) is 15.4. The molecule has 2 aromatic carbocycles. The number of hydrogen-bond acceptors (Lipinski definition) is 5. The van der Waals surface area contributed by atoms with Crippen LogP contribution in [0.4, 0.5) is 5.69 Å². The predicted molar refractivity (Wildman–Crippen MR) is 100 cm³/mol. The zero-order valence-electron chi connectivity index (χ0n) is 14.6. The molecule has 0 radical (unpaired) electrons. The second-order valence-corrected chi connectivity index (χ2v) is 6.88. The van der Waals surface area contributed by atoms with Crippen LogP contribution in [0.5, 0.6) is 11.5 Å². The Morgan fingerprint density at radius 3 is 2.64 bits per heavy atom. The van der Waals surface area contributed by atoms with E-state index in [0.29, 0.717) is 23.7 Å². The van der Waals surface area contributed by atoms with Gasteiger partial charge in [-0.05, 0) is 50.1 Å². The van der Waals surface area contributed by atoms with Gasteiger partial charge in [0.05, 0.1) is 6.04 Å². The quantitative estimate of drug-likeness (QED) is 0.800. The van der Waals surface area contributed by atoms with Crippen molar-refractivity contribution in [3.63, 3.8) is 0 Å². The lowest BCUT2D eigenvalue weighted by Gasteiger charge is -2.24. The van der Waals surface area contributed by atoms with Gasteiger partial charge in [0, 0.05) is 23.2 Å². The summed E-state index contributed by atoms with van der Waals surface area (Å²) < 4.78 is 10.6. The van der Waals surface area contributed by atoms with Crippen molar-refractivity contribution in [2.45, 2.75) is 24.4 Å². The number of fused-ring (bicyclic) bond motifs is 1. The number of anilines is 1. The molecule has 0 aromatic heterocycles. The Labute approximate surface area is 152 Å². The average Bonchev–Trinajstić information content (AvgIpc) is 3.09. The van der Waals surface area contributed by atoms with Crippen molar-refractivity contribution in [2.24, 2.45) is 0 Å². The summed E-state index contributed by atoms with van der Waals surface area (Å²) in [5, 5.41) is 2.94. The van der Waals surface area contributed by atoms with Crippen LogP contribution in [0.25, 0.3) is 0 Å². The van der Waals surface area contributed by atoms with Crippen molar-refractivity contribution in [3.8, 4) is 11.5 Å². The Morgan fingerprint density at radius 1 is 1.20 bits per heavy atom. The van der Waals surface area contributed by atoms with Crippen molar-refractivity contribution in [1.82, 2.24) is 4.90 Å². The number of carbonyl (C=O) groups is 1. The molecule has 5 nitrogen and oxygen atoms in total. The molecule has 0 spiro atoms. The second kappa shape index (κ2) is 7.80. The van der Waals surface area contributed by atoms with Gasteiger partial charge < -0.3 is 14.8 Å². The number of benzene rings is 2. The number of likely N-dealkylation sites (N-methyl/N-ethyl adjacent to an activating group) is 1. The SMILES string of the molecule is CSc1ccc(CN(C)[C@H](C)C(=O)Nc2ccc3c(c2)OCO3)cc1. The lowest BCUT2D eigenvalue weighted by atomic mass is 10.2. The van der Waals surface area contributed by atoms with Crippen LogP contribution in [0.3, 0.4) is 0 Å². The van der Waals surface area contributed by atoms with Crippen LogP contribution < -0.4 is 14.8 Å². The maximum absolute atomic E-state index is 12.5. The fourth-order valence-corrected chi connectivity index (χ4v) is 2.99. The van der Waals surface area contributed by atoms with Crippen molar-refractivity contribution in [2.75, 3.05) is 25.4 Å². The van der Waals surface area contributed by atoms with Gasteiger partial charge >= 0.3 is 0 Å². The number of carbonyl (C=O) groups excluding carboxylic acids is 1. The lowest BCUT2D eigenvalue weighted by Crippen LogP contribution is -2.39. The Kier molecular flexibility index (Phi) is 5.50. The van der Waals surface area contributed by atoms with E-state index in [9.17, 15) is 4.79 Å². The van der Waals surface area contributed by atoms with Gasteiger partial charge in [-0.15, -0.1) is 11.8 Å². The number of rotatable bonds is 6. The van der Waals surface area contributed by atoms with Crippen molar-refractivity contribution in [3.05, 3.63) is 48.0 Å². The number of thioether (sulfide) groups is 1. The topological polar surface area (TPSA) is 50.8 Å². The van der Waals surface area contributed by atoms with Crippen LogP contribution in [-0.2, 0) is 11.3 Å². The lowest BCUT2D eigenvalue weighted by molar-refractivity contribution is -0.120. The predicted octanol–water partition coefficient (Wildman–Crippen LogP) is 3.60. The van der Waals surface area contributed by atoms with Gasteiger partial charge in [-0.25, -0.2) is 0 Å². The third-order valence-corrected chi connectivity index (χ3v) is 5.02. The standard InChI is InChI=1S/C19H22N2O3S/c1-13(21(2)11-14-4-7-16(25-3)8-5-14)19(22)20-15-6-9-17-18(10-15)24-12-23-17/h4-10,13H,11-12H2,1-3H3,(H,20,22)/t13-/m1/s1. The molecule has 25 heavy (non-hydrogen) atoms. The molecule has 1 amide bonds. The highest BCUT2D eigenvalue weighted by Gasteiger charge is 2.20. The second-order valence-electron chi connectivity index (χ2n) is 6.00. The number of nitrogens with one attached hydrogen (secondary N) is 1. The van der Waals surface area contributed by atoms with E-state index in [1.165, 1.54) is 10.5 Å². The van der Waals surface area contributed by atoms with Gasteiger partial charge in [-0.3, -0.25) is 9.69 Å². The number of ether oxygens (including phenoxy) is 2. The molecule has 6 heteroatoms. The number of nitrogens with zero attached hydrogens (tertiary/aromatic N) is 1. The molecular weight excluding hydrogens is 336 g/mol. The van der Waals surface area contributed by atoms with Gasteiger partial charge in [0.1, 0.15) is 0 Å². The van der Waals surface area contributed by atoms with Crippen molar-refractivity contribution in [1.29, 1.82) is 0 Å². The third kappa shape index (κ3) is 4.27. The van der Waals surface area contributed by atoms with Crippen LogP contribution in [0, 0.1) is 0 Å². The summed E-state index contributed by atoms with van der Waals surface area (Å²) in [5.74, 6) is 1.31. The Hall–Kier alpha value is -2.18. The van der Waals surface area contributed by atoms with E-state index >= 15 is 0 Å². The molecule has 0 saturated heterocycles. The Balaban J connectivity index is 1.59. The monoisotopic (exact) mass is 358 g/mol. The molecule has 1 heterocycles. The Morgan fingerprint density at radius 2 is 1.92 bits per heavy atom. The van der Waals surface area contributed by atoms with Gasteiger partial charge in [-0.1, -0.05) is 12.1 Å². The maximum Gasteiger partial charge on any atom is 0.241 e. The minimum atomic E-state index is -0.259. The minimum absolute atomic E-state index is 0.0536. The van der Waals surface area contributed by atoms with E-state index in [2.05, 4.69) is 35.8 Å².